The molecule has 2 N–H and O–H groups in total. The van der Waals surface area contributed by atoms with E-state index in [9.17, 15) is 9.59 Å². The summed E-state index contributed by atoms with van der Waals surface area (Å²) in [5.41, 5.74) is 2.36. The highest BCUT2D eigenvalue weighted by Gasteiger charge is 2.20. The van der Waals surface area contributed by atoms with Crippen LogP contribution in [0, 0.1) is 0 Å². The number of hydrogen-bond acceptors (Lipinski definition) is 10. The van der Waals surface area contributed by atoms with Gasteiger partial charge < -0.3 is 34.6 Å². The number of methoxy groups -OCH3 is 1. The molecule has 0 saturated carbocycles. The Morgan fingerprint density at radius 3 is 2.37 bits per heavy atom. The fourth-order valence-corrected chi connectivity index (χ4v) is 4.04. The second kappa shape index (κ2) is 16.1. The second-order valence-electron chi connectivity index (χ2n) is 10.1. The summed E-state index contributed by atoms with van der Waals surface area (Å²) in [6, 6.07) is 10.3. The Balaban J connectivity index is 1.95. The lowest BCUT2D eigenvalue weighted by atomic mass is 10.1. The van der Waals surface area contributed by atoms with Gasteiger partial charge in [0.15, 0.2) is 0 Å². The number of nitrogens with zero attached hydrogens (tertiary/aromatic N) is 4. The van der Waals surface area contributed by atoms with Crippen LogP contribution in [0.15, 0.2) is 55.3 Å². The van der Waals surface area contributed by atoms with Crippen LogP contribution >= 0.6 is 0 Å². The number of aromatic nitrogens is 2. The number of nitrogens with one attached hydrogen (secondary N) is 2. The number of amides is 1. The van der Waals surface area contributed by atoms with Crippen LogP contribution in [0.3, 0.4) is 0 Å². The predicted molar refractivity (Wildman–Crippen MR) is 170 cm³/mol. The van der Waals surface area contributed by atoms with Crippen LogP contribution in [0.5, 0.6) is 17.2 Å². The van der Waals surface area contributed by atoms with Gasteiger partial charge in [-0.15, -0.1) is 0 Å². The summed E-state index contributed by atoms with van der Waals surface area (Å²) in [5, 5.41) is 6.02. The van der Waals surface area contributed by atoms with E-state index in [1.54, 1.807) is 37.4 Å². The molecule has 0 aliphatic carbocycles. The number of anilines is 4. The Kier molecular flexibility index (Phi) is 12.3. The minimum atomic E-state index is -0.352. The van der Waals surface area contributed by atoms with E-state index in [0.717, 1.165) is 25.1 Å². The molecule has 0 unspecified atom stereocenters. The zero-order valence-electron chi connectivity index (χ0n) is 25.9. The topological polar surface area (TPSA) is 118 Å². The molecule has 43 heavy (non-hydrogen) atoms. The molecule has 3 aromatic rings. The van der Waals surface area contributed by atoms with Gasteiger partial charge >= 0.3 is 0 Å². The third kappa shape index (κ3) is 9.17. The van der Waals surface area contributed by atoms with Crippen molar-refractivity contribution in [3.63, 3.8) is 0 Å². The first-order valence-corrected chi connectivity index (χ1v) is 14.3. The molecule has 0 bridgehead atoms. The largest absolute Gasteiger partial charge is 0.494 e. The number of carbonyl (C=O) groups is 2. The maximum Gasteiger partial charge on any atom is 0.247 e. The molecule has 0 radical (unpaired) electrons. The first-order chi connectivity index (χ1) is 20.7. The number of carbonyl (C=O) groups excluding carboxylic acids is 2. The van der Waals surface area contributed by atoms with Gasteiger partial charge in [0.25, 0.3) is 0 Å². The smallest absolute Gasteiger partial charge is 0.247 e. The van der Waals surface area contributed by atoms with E-state index in [-0.39, 0.29) is 23.3 Å². The lowest BCUT2D eigenvalue weighted by Gasteiger charge is -2.26. The third-order valence-electron chi connectivity index (χ3n) is 6.32. The summed E-state index contributed by atoms with van der Waals surface area (Å²) >= 11 is 0. The van der Waals surface area contributed by atoms with Gasteiger partial charge in [-0.25, -0.2) is 9.97 Å². The van der Waals surface area contributed by atoms with Crippen molar-refractivity contribution in [1.29, 1.82) is 0 Å². The van der Waals surface area contributed by atoms with Gasteiger partial charge in [0.2, 0.25) is 17.6 Å². The van der Waals surface area contributed by atoms with Gasteiger partial charge in [-0.3, -0.25) is 9.59 Å². The Labute approximate surface area is 253 Å². The van der Waals surface area contributed by atoms with Gasteiger partial charge in [-0.1, -0.05) is 20.4 Å². The van der Waals surface area contributed by atoms with Crippen LogP contribution in [0.2, 0.25) is 0 Å². The predicted octanol–water partition coefficient (Wildman–Crippen LogP) is 5.16. The third-order valence-corrected chi connectivity index (χ3v) is 6.32. The summed E-state index contributed by atoms with van der Waals surface area (Å²) in [7, 11) is 7.49. The van der Waals surface area contributed by atoms with Crippen LogP contribution < -0.4 is 29.7 Å². The highest BCUT2D eigenvalue weighted by atomic mass is 16.5. The van der Waals surface area contributed by atoms with Gasteiger partial charge in [-0.2, -0.15) is 0 Å². The number of ketones is 1. The number of rotatable bonds is 17. The molecule has 1 heterocycles. The molecular weight excluding hydrogens is 548 g/mol. The molecule has 0 aliphatic rings. The van der Waals surface area contributed by atoms with Crippen LogP contribution in [0.4, 0.5) is 23.0 Å². The zero-order chi connectivity index (χ0) is 31.4. The van der Waals surface area contributed by atoms with Crippen molar-refractivity contribution >= 4 is 34.7 Å². The number of hydrogen-bond donors (Lipinski definition) is 2. The van der Waals surface area contributed by atoms with Crippen LogP contribution in [0.1, 0.15) is 42.7 Å². The maximum atomic E-state index is 13.6. The molecule has 0 saturated heterocycles. The SMILES string of the molecule is C=CC(=O)Nc1cc(Nc2nccc(C(=O)c3ccc(OCCC)cc3OCCC)n2)c(OC)cc1N(C)CCN(C)C. The first-order valence-electron chi connectivity index (χ1n) is 14.3. The lowest BCUT2D eigenvalue weighted by molar-refractivity contribution is -0.111. The summed E-state index contributed by atoms with van der Waals surface area (Å²) in [6.07, 6.45) is 4.37. The molecule has 11 nitrogen and oxygen atoms in total. The minimum absolute atomic E-state index is 0.179. The monoisotopic (exact) mass is 590 g/mol. The maximum absolute atomic E-state index is 13.6. The minimum Gasteiger partial charge on any atom is -0.494 e. The van der Waals surface area contributed by atoms with Gasteiger partial charge in [0, 0.05) is 38.5 Å². The van der Waals surface area contributed by atoms with Crippen molar-refractivity contribution in [2.24, 2.45) is 0 Å². The van der Waals surface area contributed by atoms with Crippen molar-refractivity contribution in [3.8, 4) is 17.2 Å². The molecule has 2 aromatic carbocycles. The van der Waals surface area contributed by atoms with Gasteiger partial charge in [0.05, 0.1) is 42.9 Å². The Morgan fingerprint density at radius 2 is 1.70 bits per heavy atom. The molecule has 230 valence electrons. The zero-order valence-corrected chi connectivity index (χ0v) is 25.9. The Bertz CT molecular complexity index is 1410. The van der Waals surface area contributed by atoms with E-state index >= 15 is 0 Å². The highest BCUT2D eigenvalue weighted by molar-refractivity contribution is 6.09. The van der Waals surface area contributed by atoms with Gasteiger partial charge in [0.1, 0.15) is 22.9 Å². The summed E-state index contributed by atoms with van der Waals surface area (Å²) in [4.78, 5) is 38.8. The number of likely N-dealkylation sites (N-methyl/N-ethyl adjacent to an activating group) is 2. The van der Waals surface area contributed by atoms with Crippen molar-refractivity contribution in [3.05, 3.63) is 66.5 Å². The van der Waals surface area contributed by atoms with E-state index in [0.29, 0.717) is 53.9 Å². The fraction of sp³-hybridized carbons (Fsp3) is 0.375. The molecular formula is C32H42N6O5. The molecule has 11 heteroatoms. The van der Waals surface area contributed by atoms with E-state index in [1.165, 1.54) is 12.3 Å². The molecule has 1 amide bonds. The summed E-state index contributed by atoms with van der Waals surface area (Å²) < 4.78 is 17.3. The van der Waals surface area contributed by atoms with Crippen LogP contribution in [0.25, 0.3) is 0 Å². The van der Waals surface area contributed by atoms with Crippen LogP contribution in [-0.4, -0.2) is 81.1 Å². The average molecular weight is 591 g/mol. The van der Waals surface area contributed by atoms with E-state index in [1.807, 2.05) is 46.0 Å². The first kappa shape index (κ1) is 32.9. The Morgan fingerprint density at radius 1 is 0.953 bits per heavy atom. The van der Waals surface area contributed by atoms with Crippen molar-refractivity contribution in [2.75, 3.05) is 70.1 Å². The highest BCUT2D eigenvalue weighted by Crippen LogP contribution is 2.38. The molecule has 0 spiro atoms. The van der Waals surface area contributed by atoms with Crippen molar-refractivity contribution in [1.82, 2.24) is 14.9 Å². The number of benzene rings is 2. The summed E-state index contributed by atoms with van der Waals surface area (Å²) in [6.45, 7) is 10.1. The second-order valence-corrected chi connectivity index (χ2v) is 10.1. The van der Waals surface area contributed by atoms with E-state index in [4.69, 9.17) is 14.2 Å². The summed E-state index contributed by atoms with van der Waals surface area (Å²) in [5.74, 6) is 1.08. The molecule has 0 atom stereocenters. The molecule has 3 rings (SSSR count). The van der Waals surface area contributed by atoms with Crippen molar-refractivity contribution in [2.45, 2.75) is 26.7 Å². The molecule has 1 aromatic heterocycles. The quantitative estimate of drug-likeness (QED) is 0.161. The Hall–Kier alpha value is -4.64. The van der Waals surface area contributed by atoms with Crippen LogP contribution in [-0.2, 0) is 4.79 Å². The normalized spacial score (nSPS) is 10.7. The van der Waals surface area contributed by atoms with E-state index in [2.05, 4.69) is 32.1 Å². The van der Waals surface area contributed by atoms with E-state index < -0.39 is 0 Å². The number of ether oxygens (including phenoxy) is 3. The lowest BCUT2D eigenvalue weighted by Crippen LogP contribution is -2.29. The van der Waals surface area contributed by atoms with Crippen molar-refractivity contribution < 1.29 is 23.8 Å². The molecule has 0 aliphatic heterocycles. The van der Waals surface area contributed by atoms with Gasteiger partial charge in [-0.05, 0) is 57.3 Å². The fourth-order valence-electron chi connectivity index (χ4n) is 4.04. The molecule has 0 fully saturated rings. The average Bonchev–Trinajstić information content (AvgIpc) is 3.01. The standard InChI is InChI=1S/C32H42N6O5/c1-8-17-42-22-11-12-23(28(19-22)43-18-9-2)31(40)24-13-14-33-32(35-24)36-26-20-25(34-30(39)10-3)27(21-29(26)41-7)38(6)16-15-37(4)5/h10-14,19-21H,3,8-9,15-18H2,1-2,4-7H3,(H,34,39)(H,33,35,36).